The summed E-state index contributed by atoms with van der Waals surface area (Å²) in [5.74, 6) is -0.0133. The maximum absolute atomic E-state index is 12.1. The Balaban J connectivity index is 0.00000264. The molecule has 2 rings (SSSR count). The standard InChI is InChI=1S/C15H23N3O3S.ClH/c1-12-3-5-14(6-4-12)22(20,21)17-8-7-15(19)18-10-9-16-11-13(18)2;/h3-6,13,16-17H,7-11H2,1-2H3;1H/t13-;/m1./s1. The third kappa shape index (κ3) is 5.46. The molecule has 1 aliphatic heterocycles. The maximum Gasteiger partial charge on any atom is 0.240 e. The van der Waals surface area contributed by atoms with Gasteiger partial charge < -0.3 is 10.2 Å². The van der Waals surface area contributed by atoms with Gasteiger partial charge in [-0.3, -0.25) is 4.79 Å². The highest BCUT2D eigenvalue weighted by Crippen LogP contribution is 2.10. The van der Waals surface area contributed by atoms with Crippen molar-refractivity contribution in [1.29, 1.82) is 0 Å². The zero-order chi connectivity index (χ0) is 16.2. The van der Waals surface area contributed by atoms with E-state index < -0.39 is 10.0 Å². The third-order valence-corrected chi connectivity index (χ3v) is 5.26. The molecule has 0 radical (unpaired) electrons. The van der Waals surface area contributed by atoms with Crippen LogP contribution in [-0.2, 0) is 14.8 Å². The van der Waals surface area contributed by atoms with Crippen molar-refractivity contribution in [1.82, 2.24) is 14.9 Å². The number of nitrogens with zero attached hydrogens (tertiary/aromatic N) is 1. The van der Waals surface area contributed by atoms with Gasteiger partial charge in [-0.25, -0.2) is 13.1 Å². The van der Waals surface area contributed by atoms with Crippen LogP contribution in [0, 0.1) is 6.92 Å². The monoisotopic (exact) mass is 361 g/mol. The van der Waals surface area contributed by atoms with Gasteiger partial charge in [0.15, 0.2) is 0 Å². The molecule has 2 N–H and O–H groups in total. The summed E-state index contributed by atoms with van der Waals surface area (Å²) >= 11 is 0. The summed E-state index contributed by atoms with van der Waals surface area (Å²) in [6.07, 6.45) is 0.176. The van der Waals surface area contributed by atoms with Crippen molar-refractivity contribution in [3.8, 4) is 0 Å². The molecular formula is C15H24ClN3O3S. The molecule has 1 aromatic rings. The van der Waals surface area contributed by atoms with Gasteiger partial charge in [-0.1, -0.05) is 17.7 Å². The number of carbonyl (C=O) groups excluding carboxylic acids is 1. The minimum absolute atomic E-state index is 0. The van der Waals surface area contributed by atoms with Crippen molar-refractivity contribution >= 4 is 28.3 Å². The van der Waals surface area contributed by atoms with Gasteiger partial charge in [-0.2, -0.15) is 0 Å². The Hall–Kier alpha value is -1.15. The molecule has 1 fully saturated rings. The molecule has 130 valence electrons. The van der Waals surface area contributed by atoms with Gasteiger partial charge in [0.25, 0.3) is 0 Å². The van der Waals surface area contributed by atoms with Crippen LogP contribution < -0.4 is 10.0 Å². The average molecular weight is 362 g/mol. The van der Waals surface area contributed by atoms with E-state index in [1.807, 2.05) is 13.8 Å². The number of halogens is 1. The van der Waals surface area contributed by atoms with E-state index in [0.29, 0.717) is 6.54 Å². The van der Waals surface area contributed by atoms with Crippen LogP contribution in [-0.4, -0.2) is 51.4 Å². The molecule has 0 saturated carbocycles. The molecule has 1 amide bonds. The number of nitrogens with one attached hydrogen (secondary N) is 2. The van der Waals surface area contributed by atoms with Crippen molar-refractivity contribution in [2.24, 2.45) is 0 Å². The van der Waals surface area contributed by atoms with Gasteiger partial charge >= 0.3 is 0 Å². The van der Waals surface area contributed by atoms with Crippen molar-refractivity contribution < 1.29 is 13.2 Å². The fourth-order valence-electron chi connectivity index (χ4n) is 2.45. The highest BCUT2D eigenvalue weighted by atomic mass is 35.5. The third-order valence-electron chi connectivity index (χ3n) is 3.78. The first-order chi connectivity index (χ1) is 10.4. The van der Waals surface area contributed by atoms with Gasteiger partial charge in [-0.05, 0) is 26.0 Å². The summed E-state index contributed by atoms with van der Waals surface area (Å²) in [6, 6.07) is 6.79. The van der Waals surface area contributed by atoms with Gasteiger partial charge in [-0.15, -0.1) is 12.4 Å². The number of sulfonamides is 1. The second kappa shape index (κ2) is 8.63. The molecule has 1 aromatic carbocycles. The molecule has 1 atom stereocenters. The summed E-state index contributed by atoms with van der Waals surface area (Å²) in [5, 5.41) is 3.22. The molecule has 1 heterocycles. The average Bonchev–Trinajstić information content (AvgIpc) is 2.48. The lowest BCUT2D eigenvalue weighted by Gasteiger charge is -2.34. The molecule has 0 bridgehead atoms. The van der Waals surface area contributed by atoms with E-state index in [2.05, 4.69) is 10.0 Å². The van der Waals surface area contributed by atoms with Gasteiger partial charge in [0.2, 0.25) is 15.9 Å². The van der Waals surface area contributed by atoms with Crippen molar-refractivity contribution in [3.05, 3.63) is 29.8 Å². The fraction of sp³-hybridized carbons (Fsp3) is 0.533. The van der Waals surface area contributed by atoms with E-state index >= 15 is 0 Å². The molecule has 0 spiro atoms. The van der Waals surface area contributed by atoms with Crippen LogP contribution in [0.5, 0.6) is 0 Å². The van der Waals surface area contributed by atoms with Crippen molar-refractivity contribution in [3.63, 3.8) is 0 Å². The number of piperazine rings is 1. The second-order valence-electron chi connectivity index (χ2n) is 5.60. The van der Waals surface area contributed by atoms with E-state index in [9.17, 15) is 13.2 Å². The summed E-state index contributed by atoms with van der Waals surface area (Å²) in [7, 11) is -3.55. The largest absolute Gasteiger partial charge is 0.337 e. The number of hydrogen-bond acceptors (Lipinski definition) is 4. The van der Waals surface area contributed by atoms with Crippen LogP contribution in [0.4, 0.5) is 0 Å². The molecule has 0 unspecified atom stereocenters. The number of rotatable bonds is 5. The van der Waals surface area contributed by atoms with Crippen LogP contribution in [0.15, 0.2) is 29.2 Å². The molecule has 0 aliphatic carbocycles. The van der Waals surface area contributed by atoms with E-state index in [-0.39, 0.29) is 42.2 Å². The fourth-order valence-corrected chi connectivity index (χ4v) is 3.48. The maximum atomic E-state index is 12.1. The first-order valence-corrected chi connectivity index (χ1v) is 8.95. The van der Waals surface area contributed by atoms with Gasteiger partial charge in [0, 0.05) is 38.6 Å². The van der Waals surface area contributed by atoms with Gasteiger partial charge in [0.1, 0.15) is 0 Å². The van der Waals surface area contributed by atoms with E-state index in [1.54, 1.807) is 29.2 Å². The number of carbonyl (C=O) groups is 1. The van der Waals surface area contributed by atoms with Crippen LogP contribution in [0.1, 0.15) is 18.9 Å². The Kier molecular flexibility index (Phi) is 7.47. The lowest BCUT2D eigenvalue weighted by Crippen LogP contribution is -2.52. The zero-order valence-corrected chi connectivity index (χ0v) is 15.0. The summed E-state index contributed by atoms with van der Waals surface area (Å²) in [6.45, 7) is 6.24. The second-order valence-corrected chi connectivity index (χ2v) is 7.37. The van der Waals surface area contributed by atoms with Crippen LogP contribution in [0.3, 0.4) is 0 Å². The quantitative estimate of drug-likeness (QED) is 0.817. The van der Waals surface area contributed by atoms with Crippen LogP contribution in [0.25, 0.3) is 0 Å². The Morgan fingerprint density at radius 2 is 2.00 bits per heavy atom. The SMILES string of the molecule is Cc1ccc(S(=O)(=O)NCCC(=O)N2CCNC[C@H]2C)cc1.Cl. The summed E-state index contributed by atoms with van der Waals surface area (Å²) in [4.78, 5) is 14.2. The molecule has 8 heteroatoms. The molecule has 23 heavy (non-hydrogen) atoms. The molecular weight excluding hydrogens is 338 g/mol. The van der Waals surface area contributed by atoms with Gasteiger partial charge in [0.05, 0.1) is 4.90 Å². The molecule has 6 nitrogen and oxygen atoms in total. The molecule has 0 aromatic heterocycles. The number of amides is 1. The van der Waals surface area contributed by atoms with Crippen molar-refractivity contribution in [2.45, 2.75) is 31.2 Å². The molecule has 1 aliphatic rings. The normalized spacial score (nSPS) is 18.3. The Morgan fingerprint density at radius 1 is 1.35 bits per heavy atom. The first-order valence-electron chi connectivity index (χ1n) is 7.46. The van der Waals surface area contributed by atoms with Crippen molar-refractivity contribution in [2.75, 3.05) is 26.2 Å². The Morgan fingerprint density at radius 3 is 2.61 bits per heavy atom. The lowest BCUT2D eigenvalue weighted by molar-refractivity contribution is -0.133. The number of hydrogen-bond donors (Lipinski definition) is 2. The Labute approximate surface area is 144 Å². The summed E-state index contributed by atoms with van der Waals surface area (Å²) < 4.78 is 26.7. The number of benzene rings is 1. The van der Waals surface area contributed by atoms with Crippen LogP contribution in [0.2, 0.25) is 0 Å². The predicted molar refractivity (Wildman–Crippen MR) is 92.3 cm³/mol. The first kappa shape index (κ1) is 19.9. The van der Waals surface area contributed by atoms with E-state index in [4.69, 9.17) is 0 Å². The van der Waals surface area contributed by atoms with Crippen LogP contribution >= 0.6 is 12.4 Å². The smallest absolute Gasteiger partial charge is 0.240 e. The molecule has 1 saturated heterocycles. The topological polar surface area (TPSA) is 78.5 Å². The number of aryl methyl sites for hydroxylation is 1. The highest BCUT2D eigenvalue weighted by molar-refractivity contribution is 7.89. The lowest BCUT2D eigenvalue weighted by atomic mass is 10.2. The highest BCUT2D eigenvalue weighted by Gasteiger charge is 2.23. The zero-order valence-electron chi connectivity index (χ0n) is 13.4. The van der Waals surface area contributed by atoms with E-state index in [1.165, 1.54) is 0 Å². The Bertz CT molecular complexity index is 619. The summed E-state index contributed by atoms with van der Waals surface area (Å²) in [5.41, 5.74) is 1.00. The minimum Gasteiger partial charge on any atom is -0.337 e. The minimum atomic E-state index is -3.55. The predicted octanol–water partition coefficient (Wildman–Crippen LogP) is 0.906. The van der Waals surface area contributed by atoms with E-state index in [0.717, 1.165) is 18.7 Å².